The molecule has 2 aromatic rings. The highest BCUT2D eigenvalue weighted by Gasteiger charge is 2.19. The van der Waals surface area contributed by atoms with Gasteiger partial charge >= 0.3 is 0 Å². The fourth-order valence-electron chi connectivity index (χ4n) is 2.93. The number of halogens is 1. The van der Waals surface area contributed by atoms with E-state index in [0.717, 1.165) is 38.5 Å². The largest absolute Gasteiger partial charge is 0.502 e. The molecule has 0 amide bonds. The lowest BCUT2D eigenvalue weighted by molar-refractivity contribution is 0.452. The van der Waals surface area contributed by atoms with Crippen molar-refractivity contribution in [3.63, 3.8) is 0 Å². The molecule has 1 aliphatic heterocycles. The van der Waals surface area contributed by atoms with Crippen LogP contribution in [0.25, 0.3) is 0 Å². The second-order valence-corrected chi connectivity index (χ2v) is 5.80. The van der Waals surface area contributed by atoms with E-state index in [-0.39, 0.29) is 12.1 Å². The lowest BCUT2D eigenvalue weighted by Crippen LogP contribution is -2.36. The third kappa shape index (κ3) is 4.20. The molecular weight excluding hydrogens is 335 g/mol. The van der Waals surface area contributed by atoms with Crippen LogP contribution in [0.5, 0.6) is 5.75 Å². The predicted molar refractivity (Wildman–Crippen MR) is 97.8 cm³/mol. The van der Waals surface area contributed by atoms with E-state index in [1.54, 1.807) is 0 Å². The Morgan fingerprint density at radius 1 is 1.27 bits per heavy atom. The molecule has 6 nitrogen and oxygen atoms in total. The minimum atomic E-state index is -0.598. The van der Waals surface area contributed by atoms with Gasteiger partial charge in [-0.05, 0) is 43.0 Å². The second kappa shape index (κ2) is 8.99. The van der Waals surface area contributed by atoms with E-state index in [1.807, 2.05) is 24.8 Å². The van der Waals surface area contributed by atoms with Crippen molar-refractivity contribution < 1.29 is 9.50 Å². The van der Waals surface area contributed by atoms with Crippen molar-refractivity contribution in [2.24, 2.45) is 0 Å². The molecule has 1 aromatic heterocycles. The van der Waals surface area contributed by atoms with Crippen LogP contribution in [0, 0.1) is 17.1 Å². The number of nitriles is 1. The normalized spacial score (nSPS) is 13.5. The first-order valence-corrected chi connectivity index (χ1v) is 8.82. The summed E-state index contributed by atoms with van der Waals surface area (Å²) in [6, 6.07) is 5.82. The van der Waals surface area contributed by atoms with E-state index < -0.39 is 17.1 Å². The Kier molecular flexibility index (Phi) is 6.73. The second-order valence-electron chi connectivity index (χ2n) is 5.80. The quantitative estimate of drug-likeness (QED) is 0.912. The Morgan fingerprint density at radius 2 is 1.96 bits per heavy atom. The van der Waals surface area contributed by atoms with Crippen molar-refractivity contribution >= 4 is 5.95 Å². The smallest absolute Gasteiger partial charge is 0.297 e. The van der Waals surface area contributed by atoms with E-state index >= 15 is 0 Å². The summed E-state index contributed by atoms with van der Waals surface area (Å²) in [4.78, 5) is 18.6. The Hall–Kier alpha value is -2.88. The molecule has 3 rings (SSSR count). The molecule has 1 saturated heterocycles. The molecule has 1 aromatic carbocycles. The summed E-state index contributed by atoms with van der Waals surface area (Å²) >= 11 is 0. The van der Waals surface area contributed by atoms with Gasteiger partial charge < -0.3 is 10.0 Å². The number of hydrogen-bond acceptors (Lipinski definition) is 5. The van der Waals surface area contributed by atoms with Gasteiger partial charge in [-0.3, -0.25) is 9.36 Å². The number of hydrogen-bond donors (Lipinski definition) is 1. The Bertz CT molecular complexity index is 852. The minimum absolute atomic E-state index is 0.0211. The van der Waals surface area contributed by atoms with Gasteiger partial charge in [-0.1, -0.05) is 13.8 Å². The molecule has 1 N–H and O–H groups in total. The summed E-state index contributed by atoms with van der Waals surface area (Å²) < 4.78 is 14.9. The highest BCUT2D eigenvalue weighted by atomic mass is 19.1. The minimum Gasteiger partial charge on any atom is -0.502 e. The third-order valence-electron chi connectivity index (χ3n) is 4.16. The first-order chi connectivity index (χ1) is 12.6. The van der Waals surface area contributed by atoms with Crippen molar-refractivity contribution in [3.05, 3.63) is 51.7 Å². The zero-order valence-electron chi connectivity index (χ0n) is 15.1. The molecule has 1 fully saturated rings. The maximum atomic E-state index is 13.5. The van der Waals surface area contributed by atoms with Gasteiger partial charge in [0, 0.05) is 13.1 Å². The van der Waals surface area contributed by atoms with Crippen molar-refractivity contribution in [1.82, 2.24) is 9.55 Å². The molecule has 1 aliphatic rings. The molecular formula is C19H23FN4O2. The topological polar surface area (TPSA) is 82.2 Å². The van der Waals surface area contributed by atoms with Crippen LogP contribution in [0.3, 0.4) is 0 Å². The van der Waals surface area contributed by atoms with E-state index in [1.165, 1.54) is 22.8 Å². The molecule has 0 aliphatic carbocycles. The van der Waals surface area contributed by atoms with Crippen LogP contribution >= 0.6 is 0 Å². The van der Waals surface area contributed by atoms with E-state index in [0.29, 0.717) is 11.5 Å². The first-order valence-electron chi connectivity index (χ1n) is 8.82. The van der Waals surface area contributed by atoms with Crippen LogP contribution in [0.15, 0.2) is 29.2 Å². The van der Waals surface area contributed by atoms with Gasteiger partial charge in [0.2, 0.25) is 11.7 Å². The summed E-state index contributed by atoms with van der Waals surface area (Å²) in [7, 11) is 0. The van der Waals surface area contributed by atoms with E-state index in [4.69, 9.17) is 0 Å². The van der Waals surface area contributed by atoms with Gasteiger partial charge in [0.15, 0.2) is 0 Å². The van der Waals surface area contributed by atoms with E-state index in [9.17, 15) is 19.6 Å². The van der Waals surface area contributed by atoms with Crippen molar-refractivity contribution in [1.29, 1.82) is 5.26 Å². The number of piperidine rings is 1. The van der Waals surface area contributed by atoms with Crippen molar-refractivity contribution in [3.8, 4) is 11.8 Å². The molecule has 0 saturated carbocycles. The maximum absolute atomic E-state index is 13.5. The fourth-order valence-corrected chi connectivity index (χ4v) is 2.93. The highest BCUT2D eigenvalue weighted by molar-refractivity contribution is 5.40. The number of aromatic hydroxyl groups is 1. The molecule has 0 spiro atoms. The van der Waals surface area contributed by atoms with Gasteiger partial charge in [0.1, 0.15) is 5.82 Å². The van der Waals surface area contributed by atoms with Crippen LogP contribution in [-0.4, -0.2) is 27.7 Å². The molecule has 0 bridgehead atoms. The average molecular weight is 358 g/mol. The lowest BCUT2D eigenvalue weighted by Gasteiger charge is -2.29. The van der Waals surface area contributed by atoms with Crippen LogP contribution < -0.4 is 10.5 Å². The Labute approximate surface area is 152 Å². The zero-order valence-corrected chi connectivity index (χ0v) is 15.1. The van der Waals surface area contributed by atoms with Crippen LogP contribution in [-0.2, 0) is 6.54 Å². The summed E-state index contributed by atoms with van der Waals surface area (Å²) in [6.45, 7) is 5.52. The predicted octanol–water partition coefficient (Wildman–Crippen LogP) is 3.02. The first kappa shape index (κ1) is 19.4. The summed E-state index contributed by atoms with van der Waals surface area (Å²) in [5, 5.41) is 18.9. The lowest BCUT2D eigenvalue weighted by atomic mass is 10.1. The summed E-state index contributed by atoms with van der Waals surface area (Å²) in [5.74, 6) is -0.513. The van der Waals surface area contributed by atoms with Gasteiger partial charge in [0.25, 0.3) is 5.56 Å². The van der Waals surface area contributed by atoms with Crippen LogP contribution in [0.1, 0.15) is 44.2 Å². The van der Waals surface area contributed by atoms with Crippen molar-refractivity contribution in [2.45, 2.75) is 39.7 Å². The third-order valence-corrected chi connectivity index (χ3v) is 4.16. The van der Waals surface area contributed by atoms with Gasteiger partial charge in [-0.25, -0.2) is 9.37 Å². The standard InChI is InChI=1S/C17H17FN4O2.C2H6/c18-14-5-4-12(9-19)13(8-14)11-22-16(24)15(23)10-20-17(22)21-6-2-1-3-7-21;1-2/h4-5,8,10,23H,1-3,6-7,11H2;1-2H3. The molecule has 7 heteroatoms. The summed E-state index contributed by atoms with van der Waals surface area (Å²) in [5.41, 5.74) is 0.0696. The number of aromatic nitrogens is 2. The number of rotatable bonds is 3. The van der Waals surface area contributed by atoms with Gasteiger partial charge in [0.05, 0.1) is 24.4 Å². The number of nitrogens with zero attached hydrogens (tertiary/aromatic N) is 4. The average Bonchev–Trinajstić information content (AvgIpc) is 2.68. The molecule has 138 valence electrons. The molecule has 0 atom stereocenters. The highest BCUT2D eigenvalue weighted by Crippen LogP contribution is 2.20. The Morgan fingerprint density at radius 3 is 2.62 bits per heavy atom. The van der Waals surface area contributed by atoms with Gasteiger partial charge in [-0.15, -0.1) is 0 Å². The molecule has 2 heterocycles. The number of benzene rings is 1. The molecule has 0 unspecified atom stereocenters. The van der Waals surface area contributed by atoms with Gasteiger partial charge in [-0.2, -0.15) is 5.26 Å². The Balaban J connectivity index is 0.00000117. The number of anilines is 1. The molecule has 0 radical (unpaired) electrons. The van der Waals surface area contributed by atoms with Crippen LogP contribution in [0.4, 0.5) is 10.3 Å². The summed E-state index contributed by atoms with van der Waals surface area (Å²) in [6.07, 6.45) is 4.27. The van der Waals surface area contributed by atoms with E-state index in [2.05, 4.69) is 4.98 Å². The zero-order chi connectivity index (χ0) is 19.1. The van der Waals surface area contributed by atoms with Crippen molar-refractivity contribution in [2.75, 3.05) is 18.0 Å². The molecule has 26 heavy (non-hydrogen) atoms. The maximum Gasteiger partial charge on any atom is 0.297 e. The van der Waals surface area contributed by atoms with Crippen LogP contribution in [0.2, 0.25) is 0 Å². The fraction of sp³-hybridized carbons (Fsp3) is 0.421. The monoisotopic (exact) mass is 358 g/mol. The SMILES string of the molecule is CC.N#Cc1ccc(F)cc1Cn1c(N2CCCCC2)ncc(O)c1=O.